The standard InChI is InChI=1S/C7H14N2O2/c1-7(2)5-9(4-3-8)11-6-10/h5-6H,3-4,8H2,1-2H3. The zero-order valence-corrected chi connectivity index (χ0v) is 6.91. The first-order valence-corrected chi connectivity index (χ1v) is 3.43. The van der Waals surface area contributed by atoms with Gasteiger partial charge in [0.15, 0.2) is 0 Å². The Hall–Kier alpha value is -1.03. The highest BCUT2D eigenvalue weighted by Gasteiger charge is 1.96. The molecule has 0 aromatic heterocycles. The normalized spacial score (nSPS) is 8.64. The maximum Gasteiger partial charge on any atom is 0.320 e. The van der Waals surface area contributed by atoms with Gasteiger partial charge in [-0.2, -0.15) is 0 Å². The number of nitrogens with two attached hydrogens (primary N) is 1. The van der Waals surface area contributed by atoms with Gasteiger partial charge in [-0.15, -0.1) is 0 Å². The van der Waals surface area contributed by atoms with E-state index in [4.69, 9.17) is 5.73 Å². The van der Waals surface area contributed by atoms with Gasteiger partial charge in [-0.25, -0.2) is 5.06 Å². The number of carbonyl (C=O) groups excluding carboxylic acids is 1. The molecule has 0 aromatic carbocycles. The summed E-state index contributed by atoms with van der Waals surface area (Å²) in [6.45, 7) is 5.19. The second kappa shape index (κ2) is 5.73. The fraction of sp³-hybridized carbons (Fsp3) is 0.571. The van der Waals surface area contributed by atoms with Crippen LogP contribution in [0.5, 0.6) is 0 Å². The van der Waals surface area contributed by atoms with Crippen molar-refractivity contribution in [3.8, 4) is 0 Å². The minimum Gasteiger partial charge on any atom is -0.345 e. The predicted octanol–water partition coefficient (Wildman–Crippen LogP) is 0.259. The lowest BCUT2D eigenvalue weighted by Gasteiger charge is -2.15. The molecule has 64 valence electrons. The molecule has 0 spiro atoms. The minimum atomic E-state index is 0.384. The van der Waals surface area contributed by atoms with Crippen molar-refractivity contribution in [1.29, 1.82) is 0 Å². The average Bonchev–Trinajstić information content (AvgIpc) is 1.87. The molecule has 0 rings (SSSR count). The molecule has 0 fully saturated rings. The number of allylic oxidation sites excluding steroid dienone is 1. The fourth-order valence-electron chi connectivity index (χ4n) is 0.618. The smallest absolute Gasteiger partial charge is 0.320 e. The molecule has 0 aromatic rings. The summed E-state index contributed by atoms with van der Waals surface area (Å²) in [5.41, 5.74) is 6.32. The first-order chi connectivity index (χ1) is 5.20. The molecule has 11 heavy (non-hydrogen) atoms. The minimum absolute atomic E-state index is 0.384. The molecule has 0 saturated carbocycles. The molecule has 0 atom stereocenters. The van der Waals surface area contributed by atoms with Crippen molar-refractivity contribution in [2.45, 2.75) is 13.8 Å². The number of hydrogen-bond donors (Lipinski definition) is 1. The lowest BCUT2D eigenvalue weighted by molar-refractivity contribution is -0.160. The van der Waals surface area contributed by atoms with Gasteiger partial charge in [-0.1, -0.05) is 5.57 Å². The monoisotopic (exact) mass is 158 g/mol. The van der Waals surface area contributed by atoms with Gasteiger partial charge in [0, 0.05) is 12.7 Å². The average molecular weight is 158 g/mol. The molecule has 0 bridgehead atoms. The highest BCUT2D eigenvalue weighted by molar-refractivity contribution is 5.36. The van der Waals surface area contributed by atoms with Crippen LogP contribution in [-0.2, 0) is 9.63 Å². The number of nitrogens with zero attached hydrogens (tertiary/aromatic N) is 1. The van der Waals surface area contributed by atoms with E-state index < -0.39 is 0 Å². The lowest BCUT2D eigenvalue weighted by Crippen LogP contribution is -2.24. The van der Waals surface area contributed by atoms with E-state index in [9.17, 15) is 4.79 Å². The molecule has 0 aliphatic rings. The van der Waals surface area contributed by atoms with Crippen LogP contribution in [0.2, 0.25) is 0 Å². The Morgan fingerprint density at radius 3 is 2.64 bits per heavy atom. The van der Waals surface area contributed by atoms with E-state index >= 15 is 0 Å². The second-order valence-electron chi connectivity index (χ2n) is 2.34. The van der Waals surface area contributed by atoms with Crippen LogP contribution in [0.15, 0.2) is 11.8 Å². The highest BCUT2D eigenvalue weighted by Crippen LogP contribution is 1.94. The number of hydroxylamine groups is 2. The number of carbonyl (C=O) groups is 1. The van der Waals surface area contributed by atoms with Crippen molar-refractivity contribution in [2.75, 3.05) is 13.1 Å². The SMILES string of the molecule is CC(C)=CN(CCN)OC=O. The van der Waals surface area contributed by atoms with Gasteiger partial charge in [0.25, 0.3) is 0 Å². The Morgan fingerprint density at radius 1 is 1.64 bits per heavy atom. The molecule has 0 aliphatic heterocycles. The van der Waals surface area contributed by atoms with Crippen LogP contribution in [-0.4, -0.2) is 24.6 Å². The highest BCUT2D eigenvalue weighted by atomic mass is 16.7. The van der Waals surface area contributed by atoms with Crippen LogP contribution in [0.25, 0.3) is 0 Å². The lowest BCUT2D eigenvalue weighted by atomic mass is 10.4. The van der Waals surface area contributed by atoms with Crippen molar-refractivity contribution in [3.05, 3.63) is 11.8 Å². The van der Waals surface area contributed by atoms with Crippen LogP contribution in [0.1, 0.15) is 13.8 Å². The van der Waals surface area contributed by atoms with Crippen molar-refractivity contribution < 1.29 is 9.63 Å². The topological polar surface area (TPSA) is 55.6 Å². The third kappa shape index (κ3) is 5.42. The summed E-state index contributed by atoms with van der Waals surface area (Å²) in [6, 6.07) is 0. The summed E-state index contributed by atoms with van der Waals surface area (Å²) in [5, 5.41) is 1.41. The van der Waals surface area contributed by atoms with Crippen molar-refractivity contribution in [1.82, 2.24) is 5.06 Å². The summed E-state index contributed by atoms with van der Waals surface area (Å²) >= 11 is 0. The Morgan fingerprint density at radius 2 is 2.27 bits per heavy atom. The van der Waals surface area contributed by atoms with Crippen molar-refractivity contribution in [3.63, 3.8) is 0 Å². The Bertz CT molecular complexity index is 141. The number of rotatable bonds is 5. The van der Waals surface area contributed by atoms with E-state index in [0.717, 1.165) is 5.57 Å². The van der Waals surface area contributed by atoms with E-state index in [1.54, 1.807) is 6.20 Å². The van der Waals surface area contributed by atoms with E-state index in [1.165, 1.54) is 5.06 Å². The fourth-order valence-corrected chi connectivity index (χ4v) is 0.618. The molecule has 0 heterocycles. The van der Waals surface area contributed by atoms with Gasteiger partial charge in [-0.3, -0.25) is 4.79 Å². The second-order valence-corrected chi connectivity index (χ2v) is 2.34. The van der Waals surface area contributed by atoms with E-state index in [0.29, 0.717) is 19.6 Å². The zero-order chi connectivity index (χ0) is 8.69. The van der Waals surface area contributed by atoms with E-state index in [1.807, 2.05) is 13.8 Å². The maximum absolute atomic E-state index is 9.94. The van der Waals surface area contributed by atoms with Gasteiger partial charge in [0.05, 0.1) is 6.54 Å². The zero-order valence-electron chi connectivity index (χ0n) is 6.91. The van der Waals surface area contributed by atoms with Gasteiger partial charge in [0.1, 0.15) is 0 Å². The van der Waals surface area contributed by atoms with Gasteiger partial charge >= 0.3 is 6.47 Å². The Labute approximate surface area is 66.6 Å². The molecule has 0 radical (unpaired) electrons. The summed E-state index contributed by atoms with van der Waals surface area (Å²) in [6.07, 6.45) is 1.72. The van der Waals surface area contributed by atoms with Gasteiger partial charge < -0.3 is 10.6 Å². The first kappa shape index (κ1) is 9.97. The van der Waals surface area contributed by atoms with Crippen molar-refractivity contribution in [2.24, 2.45) is 5.73 Å². The first-order valence-electron chi connectivity index (χ1n) is 3.43. The Balaban J connectivity index is 3.87. The molecule has 2 N–H and O–H groups in total. The molecule has 0 saturated heterocycles. The van der Waals surface area contributed by atoms with Crippen LogP contribution in [0.4, 0.5) is 0 Å². The summed E-state index contributed by atoms with van der Waals surface area (Å²) in [5.74, 6) is 0. The molecule has 0 aliphatic carbocycles. The molecular formula is C7H14N2O2. The van der Waals surface area contributed by atoms with Crippen LogP contribution >= 0.6 is 0 Å². The van der Waals surface area contributed by atoms with Gasteiger partial charge in [-0.05, 0) is 13.8 Å². The largest absolute Gasteiger partial charge is 0.345 e. The van der Waals surface area contributed by atoms with E-state index in [2.05, 4.69) is 4.84 Å². The quantitative estimate of drug-likeness (QED) is 0.460. The van der Waals surface area contributed by atoms with Crippen LogP contribution < -0.4 is 5.73 Å². The summed E-state index contributed by atoms with van der Waals surface area (Å²) < 4.78 is 0. The molecule has 0 amide bonds. The predicted molar refractivity (Wildman–Crippen MR) is 42.3 cm³/mol. The molecular weight excluding hydrogens is 144 g/mol. The summed E-state index contributed by atoms with van der Waals surface area (Å²) in [4.78, 5) is 14.5. The van der Waals surface area contributed by atoms with Gasteiger partial charge in [0.2, 0.25) is 0 Å². The van der Waals surface area contributed by atoms with Crippen LogP contribution in [0, 0.1) is 0 Å². The third-order valence-corrected chi connectivity index (χ3v) is 0.930. The third-order valence-electron chi connectivity index (χ3n) is 0.930. The number of hydrogen-bond acceptors (Lipinski definition) is 4. The van der Waals surface area contributed by atoms with Crippen molar-refractivity contribution >= 4 is 6.47 Å². The Kier molecular flexibility index (Phi) is 5.20. The summed E-state index contributed by atoms with van der Waals surface area (Å²) in [7, 11) is 0. The molecule has 0 unspecified atom stereocenters. The maximum atomic E-state index is 9.94. The van der Waals surface area contributed by atoms with E-state index in [-0.39, 0.29) is 0 Å². The molecule has 4 nitrogen and oxygen atoms in total. The molecule has 4 heteroatoms. The van der Waals surface area contributed by atoms with Crippen LogP contribution in [0.3, 0.4) is 0 Å².